The molecule has 2 rings (SSSR count). The third-order valence-electron chi connectivity index (χ3n) is 2.24. The molecule has 0 fully saturated rings. The second kappa shape index (κ2) is 4.81. The molecular formula is C11H8ClFN2OS. The zero-order chi connectivity index (χ0) is 12.4. The number of benzene rings is 1. The summed E-state index contributed by atoms with van der Waals surface area (Å²) in [5.74, 6) is 0.0208. The molecule has 6 heteroatoms. The van der Waals surface area contributed by atoms with Crippen molar-refractivity contribution in [3.8, 4) is 16.9 Å². The van der Waals surface area contributed by atoms with E-state index in [1.807, 2.05) is 0 Å². The van der Waals surface area contributed by atoms with Crippen molar-refractivity contribution in [3.05, 3.63) is 39.9 Å². The predicted molar refractivity (Wildman–Crippen MR) is 66.4 cm³/mol. The second-order valence-corrected chi connectivity index (χ2v) is 4.07. The van der Waals surface area contributed by atoms with Gasteiger partial charge in [-0.2, -0.15) is 5.10 Å². The lowest BCUT2D eigenvalue weighted by atomic mass is 10.1. The number of ether oxygens (including phenoxy) is 1. The maximum atomic E-state index is 13.8. The zero-order valence-corrected chi connectivity index (χ0v) is 10.4. The Morgan fingerprint density at radius 2 is 2.12 bits per heavy atom. The smallest absolute Gasteiger partial charge is 0.150 e. The number of rotatable bonds is 2. The van der Waals surface area contributed by atoms with Crippen LogP contribution < -0.4 is 4.74 Å². The normalized spacial score (nSPS) is 10.3. The molecule has 88 valence electrons. The number of aromatic nitrogens is 2. The van der Waals surface area contributed by atoms with E-state index in [1.54, 1.807) is 12.1 Å². The Hall–Kier alpha value is -1.46. The molecule has 1 aromatic heterocycles. The fourth-order valence-corrected chi connectivity index (χ4v) is 1.79. The number of hydrogen-bond acceptors (Lipinski definition) is 3. The first-order valence-electron chi connectivity index (χ1n) is 4.71. The van der Waals surface area contributed by atoms with E-state index in [0.29, 0.717) is 21.5 Å². The SMILES string of the molecule is COc1ccc(-c2cc(Cl)n[nH]c2=S)c(F)c1. The first-order chi connectivity index (χ1) is 8.11. The quantitative estimate of drug-likeness (QED) is 0.847. The summed E-state index contributed by atoms with van der Waals surface area (Å²) in [5, 5.41) is 6.50. The number of nitrogens with one attached hydrogen (secondary N) is 1. The van der Waals surface area contributed by atoms with Crippen molar-refractivity contribution in [2.45, 2.75) is 0 Å². The molecule has 0 aliphatic carbocycles. The summed E-state index contributed by atoms with van der Waals surface area (Å²) in [6, 6.07) is 6.05. The van der Waals surface area contributed by atoms with Crippen molar-refractivity contribution in [1.29, 1.82) is 0 Å². The monoisotopic (exact) mass is 270 g/mol. The van der Waals surface area contributed by atoms with Crippen LogP contribution in [0.2, 0.25) is 5.15 Å². The maximum Gasteiger partial charge on any atom is 0.150 e. The van der Waals surface area contributed by atoms with Gasteiger partial charge in [-0.1, -0.05) is 23.8 Å². The molecule has 0 unspecified atom stereocenters. The van der Waals surface area contributed by atoms with E-state index in [2.05, 4.69) is 10.2 Å². The number of nitrogens with zero attached hydrogens (tertiary/aromatic N) is 1. The van der Waals surface area contributed by atoms with Crippen molar-refractivity contribution in [2.75, 3.05) is 7.11 Å². The van der Waals surface area contributed by atoms with Gasteiger partial charge in [0.05, 0.1) is 7.11 Å². The van der Waals surface area contributed by atoms with Crippen LogP contribution in [0.25, 0.3) is 11.1 Å². The molecule has 3 nitrogen and oxygen atoms in total. The summed E-state index contributed by atoms with van der Waals surface area (Å²) in [7, 11) is 1.48. The van der Waals surface area contributed by atoms with Crippen LogP contribution in [0.15, 0.2) is 24.3 Å². The van der Waals surface area contributed by atoms with E-state index < -0.39 is 5.82 Å². The second-order valence-electron chi connectivity index (χ2n) is 3.28. The van der Waals surface area contributed by atoms with Crippen molar-refractivity contribution < 1.29 is 9.13 Å². The standard InChI is InChI=1S/C11H8ClFN2OS/c1-16-6-2-3-7(9(13)4-6)8-5-10(12)14-15-11(8)17/h2-5H,1H3,(H,15,17). The number of halogens is 2. The molecule has 0 spiro atoms. The molecule has 1 heterocycles. The zero-order valence-electron chi connectivity index (χ0n) is 8.83. The van der Waals surface area contributed by atoms with E-state index in [9.17, 15) is 4.39 Å². The Morgan fingerprint density at radius 1 is 1.35 bits per heavy atom. The Labute approximate surface area is 107 Å². The highest BCUT2D eigenvalue weighted by molar-refractivity contribution is 7.71. The molecule has 0 aliphatic rings. The third-order valence-corrected chi connectivity index (χ3v) is 2.74. The summed E-state index contributed by atoms with van der Waals surface area (Å²) >= 11 is 10.8. The molecule has 1 aromatic carbocycles. The molecule has 1 N–H and O–H groups in total. The average Bonchev–Trinajstić information content (AvgIpc) is 2.32. The van der Waals surface area contributed by atoms with Gasteiger partial charge in [0.2, 0.25) is 0 Å². The van der Waals surface area contributed by atoms with Crippen LogP contribution in [0, 0.1) is 10.5 Å². The van der Waals surface area contributed by atoms with Crippen LogP contribution in [0.3, 0.4) is 0 Å². The minimum absolute atomic E-state index is 0.226. The first kappa shape index (κ1) is 12.0. The fraction of sp³-hybridized carbons (Fsp3) is 0.0909. The lowest BCUT2D eigenvalue weighted by Crippen LogP contribution is -1.92. The van der Waals surface area contributed by atoms with Gasteiger partial charge in [0.1, 0.15) is 21.4 Å². The summed E-state index contributed by atoms with van der Waals surface area (Å²) in [6.45, 7) is 0. The molecule has 17 heavy (non-hydrogen) atoms. The van der Waals surface area contributed by atoms with E-state index in [-0.39, 0.29) is 5.15 Å². The van der Waals surface area contributed by atoms with Gasteiger partial charge in [0.25, 0.3) is 0 Å². The van der Waals surface area contributed by atoms with Crippen molar-refractivity contribution >= 4 is 23.8 Å². The van der Waals surface area contributed by atoms with E-state index >= 15 is 0 Å². The molecule has 0 bridgehead atoms. The molecule has 0 saturated carbocycles. The predicted octanol–water partition coefficient (Wildman–Crippen LogP) is 3.61. The first-order valence-corrected chi connectivity index (χ1v) is 5.49. The topological polar surface area (TPSA) is 37.9 Å². The highest BCUT2D eigenvalue weighted by Gasteiger charge is 2.09. The van der Waals surface area contributed by atoms with Crippen LogP contribution in [-0.4, -0.2) is 17.3 Å². The minimum atomic E-state index is -0.425. The van der Waals surface area contributed by atoms with E-state index in [1.165, 1.54) is 19.2 Å². The van der Waals surface area contributed by atoms with E-state index in [4.69, 9.17) is 28.6 Å². The van der Waals surface area contributed by atoms with Gasteiger partial charge in [0, 0.05) is 17.2 Å². The molecule has 0 aliphatic heterocycles. The minimum Gasteiger partial charge on any atom is -0.497 e. The van der Waals surface area contributed by atoms with E-state index in [0.717, 1.165) is 0 Å². The molecule has 2 aromatic rings. The van der Waals surface area contributed by atoms with Crippen LogP contribution in [-0.2, 0) is 0 Å². The van der Waals surface area contributed by atoms with Crippen LogP contribution >= 0.6 is 23.8 Å². The largest absolute Gasteiger partial charge is 0.497 e. The lowest BCUT2D eigenvalue weighted by molar-refractivity contribution is 0.411. The van der Waals surface area contributed by atoms with Crippen LogP contribution in [0.5, 0.6) is 5.75 Å². The van der Waals surface area contributed by atoms with Gasteiger partial charge >= 0.3 is 0 Å². The lowest BCUT2D eigenvalue weighted by Gasteiger charge is -2.06. The summed E-state index contributed by atoms with van der Waals surface area (Å²) in [5.41, 5.74) is 0.858. The number of methoxy groups -OCH3 is 1. The Balaban J connectivity index is 2.60. The number of aromatic amines is 1. The molecule has 0 amide bonds. The summed E-state index contributed by atoms with van der Waals surface area (Å²) < 4.78 is 19.1. The molecule has 0 radical (unpaired) electrons. The molecule has 0 saturated heterocycles. The van der Waals surface area contributed by atoms with Gasteiger partial charge < -0.3 is 4.74 Å². The van der Waals surface area contributed by atoms with Crippen LogP contribution in [0.4, 0.5) is 4.39 Å². The van der Waals surface area contributed by atoms with Gasteiger partial charge in [-0.15, -0.1) is 0 Å². The van der Waals surface area contributed by atoms with Crippen molar-refractivity contribution in [3.63, 3.8) is 0 Å². The maximum absolute atomic E-state index is 13.8. The highest BCUT2D eigenvalue weighted by atomic mass is 35.5. The average molecular weight is 271 g/mol. The van der Waals surface area contributed by atoms with Crippen molar-refractivity contribution in [2.24, 2.45) is 0 Å². The highest BCUT2D eigenvalue weighted by Crippen LogP contribution is 2.27. The van der Waals surface area contributed by atoms with Gasteiger partial charge in [-0.25, -0.2) is 4.39 Å². The van der Waals surface area contributed by atoms with Crippen molar-refractivity contribution in [1.82, 2.24) is 10.2 Å². The summed E-state index contributed by atoms with van der Waals surface area (Å²) in [6.07, 6.45) is 0. The van der Waals surface area contributed by atoms with Gasteiger partial charge in [-0.3, -0.25) is 5.10 Å². The molecular weight excluding hydrogens is 263 g/mol. The number of hydrogen-bond donors (Lipinski definition) is 1. The Morgan fingerprint density at radius 3 is 2.76 bits per heavy atom. The summed E-state index contributed by atoms with van der Waals surface area (Å²) in [4.78, 5) is 0. The fourth-order valence-electron chi connectivity index (χ4n) is 1.42. The Bertz CT molecular complexity index is 615. The van der Waals surface area contributed by atoms with Crippen LogP contribution in [0.1, 0.15) is 0 Å². The molecule has 0 atom stereocenters. The van der Waals surface area contributed by atoms with Gasteiger partial charge in [0.15, 0.2) is 0 Å². The number of H-pyrrole nitrogens is 1. The Kier molecular flexibility index (Phi) is 3.40. The van der Waals surface area contributed by atoms with Gasteiger partial charge in [-0.05, 0) is 18.2 Å². The third kappa shape index (κ3) is 2.45.